The first-order chi connectivity index (χ1) is 11.7. The second-order valence-electron chi connectivity index (χ2n) is 5.03. The maximum atomic E-state index is 12.3. The lowest BCUT2D eigenvalue weighted by atomic mass is 10.2. The topological polar surface area (TPSA) is 73.2 Å². The van der Waals surface area contributed by atoms with Gasteiger partial charge in [-0.25, -0.2) is 4.98 Å². The van der Waals surface area contributed by atoms with Gasteiger partial charge in [-0.3, -0.25) is 14.2 Å². The Balaban J connectivity index is 1.74. The molecule has 24 heavy (non-hydrogen) atoms. The van der Waals surface area contributed by atoms with E-state index in [-0.39, 0.29) is 11.1 Å². The highest BCUT2D eigenvalue weighted by Crippen LogP contribution is 2.20. The molecule has 2 aromatic rings. The predicted octanol–water partition coefficient (Wildman–Crippen LogP) is 1.60. The summed E-state index contributed by atoms with van der Waals surface area (Å²) in [5.41, 5.74) is 1.16. The van der Waals surface area contributed by atoms with Crippen LogP contribution in [0.5, 0.6) is 0 Å². The lowest BCUT2D eigenvalue weighted by Gasteiger charge is -2.07. The van der Waals surface area contributed by atoms with Crippen LogP contribution in [0.25, 0.3) is 0 Å². The number of rotatable bonds is 3. The highest BCUT2D eigenvalue weighted by molar-refractivity contribution is 7.99. The van der Waals surface area contributed by atoms with Gasteiger partial charge in [0.2, 0.25) is 0 Å². The first-order valence-electron chi connectivity index (χ1n) is 7.31. The molecule has 1 aromatic heterocycles. The van der Waals surface area contributed by atoms with Crippen LogP contribution in [-0.2, 0) is 11.3 Å². The van der Waals surface area contributed by atoms with Gasteiger partial charge in [-0.2, -0.15) is 0 Å². The standard InChI is InChI=1S/C17H15N3O3S/c1-23-9-2-3-12-4-6-13(7-5-12)19-15(21)14-11-18-17-20(16(14)22)8-10-24-17/h4-7,11H,8-10H2,1H3,(H,19,21). The molecule has 0 saturated carbocycles. The van der Waals surface area contributed by atoms with Gasteiger partial charge in [0, 0.05) is 36.9 Å². The van der Waals surface area contributed by atoms with Crippen molar-refractivity contribution in [2.75, 3.05) is 24.8 Å². The van der Waals surface area contributed by atoms with E-state index in [1.165, 1.54) is 22.5 Å². The Labute approximate surface area is 143 Å². The molecule has 1 aliphatic heterocycles. The molecule has 2 heterocycles. The molecule has 122 valence electrons. The molecular weight excluding hydrogens is 326 g/mol. The minimum absolute atomic E-state index is 0.0465. The molecule has 0 atom stereocenters. The molecular formula is C17H15N3O3S. The monoisotopic (exact) mass is 341 g/mol. The normalized spacial score (nSPS) is 12.2. The first-order valence-corrected chi connectivity index (χ1v) is 8.29. The number of nitrogens with zero attached hydrogens (tertiary/aromatic N) is 2. The molecule has 1 aromatic carbocycles. The van der Waals surface area contributed by atoms with Crippen LogP contribution in [0.2, 0.25) is 0 Å². The number of hydrogen-bond donors (Lipinski definition) is 1. The number of thioether (sulfide) groups is 1. The fourth-order valence-corrected chi connectivity index (χ4v) is 3.13. The van der Waals surface area contributed by atoms with E-state index < -0.39 is 5.91 Å². The van der Waals surface area contributed by atoms with Gasteiger partial charge in [0.15, 0.2) is 5.16 Å². The molecule has 0 radical (unpaired) electrons. The summed E-state index contributed by atoms with van der Waals surface area (Å²) in [4.78, 5) is 28.8. The molecule has 0 aliphatic carbocycles. The zero-order valence-corrected chi connectivity index (χ0v) is 13.9. The fourth-order valence-electron chi connectivity index (χ4n) is 2.22. The van der Waals surface area contributed by atoms with Crippen LogP contribution in [0.4, 0.5) is 5.69 Å². The molecule has 1 N–H and O–H groups in total. The van der Waals surface area contributed by atoms with Gasteiger partial charge in [0.25, 0.3) is 11.5 Å². The van der Waals surface area contributed by atoms with E-state index in [1.54, 1.807) is 31.4 Å². The van der Waals surface area contributed by atoms with Crippen LogP contribution in [0.15, 0.2) is 40.4 Å². The summed E-state index contributed by atoms with van der Waals surface area (Å²) in [5.74, 6) is 6.14. The van der Waals surface area contributed by atoms with Crippen LogP contribution >= 0.6 is 11.8 Å². The van der Waals surface area contributed by atoms with Crippen molar-refractivity contribution in [3.63, 3.8) is 0 Å². The smallest absolute Gasteiger partial charge is 0.267 e. The number of hydrogen-bond acceptors (Lipinski definition) is 5. The molecule has 1 aliphatic rings. The molecule has 6 nitrogen and oxygen atoms in total. The average Bonchev–Trinajstić information content (AvgIpc) is 3.06. The number of aromatic nitrogens is 2. The van der Waals surface area contributed by atoms with Crippen LogP contribution < -0.4 is 10.9 Å². The second kappa shape index (κ2) is 7.34. The third kappa shape index (κ3) is 3.50. The third-order valence-corrected chi connectivity index (χ3v) is 4.36. The molecule has 0 spiro atoms. The number of carbonyl (C=O) groups excluding carboxylic acids is 1. The summed E-state index contributed by atoms with van der Waals surface area (Å²) >= 11 is 1.51. The summed E-state index contributed by atoms with van der Waals surface area (Å²) in [6, 6.07) is 7.07. The van der Waals surface area contributed by atoms with Crippen molar-refractivity contribution in [1.29, 1.82) is 0 Å². The van der Waals surface area contributed by atoms with Gasteiger partial charge in [-0.05, 0) is 24.3 Å². The predicted molar refractivity (Wildman–Crippen MR) is 92.4 cm³/mol. The Hall–Kier alpha value is -2.56. The summed E-state index contributed by atoms with van der Waals surface area (Å²) in [6.07, 6.45) is 1.34. The van der Waals surface area contributed by atoms with Crippen molar-refractivity contribution < 1.29 is 9.53 Å². The summed E-state index contributed by atoms with van der Waals surface area (Å²) in [7, 11) is 1.59. The molecule has 0 saturated heterocycles. The van der Waals surface area contributed by atoms with Crippen LogP contribution in [-0.4, -0.2) is 34.9 Å². The van der Waals surface area contributed by atoms with Crippen molar-refractivity contribution in [2.45, 2.75) is 11.7 Å². The second-order valence-corrected chi connectivity index (χ2v) is 6.09. The van der Waals surface area contributed by atoms with Crippen molar-refractivity contribution in [2.24, 2.45) is 0 Å². The Morgan fingerprint density at radius 2 is 2.21 bits per heavy atom. The SMILES string of the molecule is COCC#Cc1ccc(NC(=O)c2cnc3n(c2=O)CCS3)cc1. The van der Waals surface area contributed by atoms with Crippen molar-refractivity contribution in [3.05, 3.63) is 51.9 Å². The molecule has 0 unspecified atom stereocenters. The number of benzene rings is 1. The highest BCUT2D eigenvalue weighted by atomic mass is 32.2. The molecule has 3 rings (SSSR count). The van der Waals surface area contributed by atoms with E-state index in [9.17, 15) is 9.59 Å². The minimum Gasteiger partial charge on any atom is -0.372 e. The van der Waals surface area contributed by atoms with Gasteiger partial charge in [-0.1, -0.05) is 23.6 Å². The number of ether oxygens (including phenoxy) is 1. The van der Waals surface area contributed by atoms with E-state index in [4.69, 9.17) is 4.74 Å². The number of anilines is 1. The van der Waals surface area contributed by atoms with Crippen molar-refractivity contribution in [1.82, 2.24) is 9.55 Å². The van der Waals surface area contributed by atoms with E-state index in [1.807, 2.05) is 0 Å². The summed E-state index contributed by atoms with van der Waals surface area (Å²) in [5, 5.41) is 3.38. The van der Waals surface area contributed by atoms with Crippen molar-refractivity contribution in [3.8, 4) is 11.8 Å². The Morgan fingerprint density at radius 1 is 1.42 bits per heavy atom. The van der Waals surface area contributed by atoms with Gasteiger partial charge in [0.05, 0.1) is 0 Å². The number of methoxy groups -OCH3 is 1. The number of nitrogens with one attached hydrogen (secondary N) is 1. The van der Waals surface area contributed by atoms with E-state index >= 15 is 0 Å². The van der Waals surface area contributed by atoms with E-state index in [0.717, 1.165) is 11.3 Å². The quantitative estimate of drug-likeness (QED) is 0.678. The Kier molecular flexibility index (Phi) is 4.99. The van der Waals surface area contributed by atoms with Crippen LogP contribution in [0.3, 0.4) is 0 Å². The molecule has 0 bridgehead atoms. The van der Waals surface area contributed by atoms with E-state index in [0.29, 0.717) is 24.0 Å². The fraction of sp³-hybridized carbons (Fsp3) is 0.235. The largest absolute Gasteiger partial charge is 0.372 e. The molecule has 7 heteroatoms. The van der Waals surface area contributed by atoms with Gasteiger partial charge in [-0.15, -0.1) is 0 Å². The van der Waals surface area contributed by atoms with Crippen LogP contribution in [0, 0.1) is 11.8 Å². The summed E-state index contributed by atoms with van der Waals surface area (Å²) < 4.78 is 6.40. The van der Waals surface area contributed by atoms with E-state index in [2.05, 4.69) is 22.1 Å². The Morgan fingerprint density at radius 3 is 2.96 bits per heavy atom. The lowest BCUT2D eigenvalue weighted by Crippen LogP contribution is -2.29. The third-order valence-electron chi connectivity index (χ3n) is 3.39. The molecule has 0 fully saturated rings. The highest BCUT2D eigenvalue weighted by Gasteiger charge is 2.19. The maximum Gasteiger partial charge on any atom is 0.267 e. The van der Waals surface area contributed by atoms with Crippen molar-refractivity contribution >= 4 is 23.4 Å². The summed E-state index contributed by atoms with van der Waals surface area (Å²) in [6.45, 7) is 0.952. The zero-order chi connectivity index (χ0) is 16.9. The first kappa shape index (κ1) is 16.3. The maximum absolute atomic E-state index is 12.3. The van der Waals surface area contributed by atoms with Crippen LogP contribution in [0.1, 0.15) is 15.9 Å². The van der Waals surface area contributed by atoms with Gasteiger partial charge in [0.1, 0.15) is 12.2 Å². The Bertz CT molecular complexity index is 879. The van der Waals surface area contributed by atoms with Gasteiger partial charge < -0.3 is 10.1 Å². The molecule has 1 amide bonds. The lowest BCUT2D eigenvalue weighted by molar-refractivity contribution is 0.102. The number of fused-ring (bicyclic) bond motifs is 1. The zero-order valence-electron chi connectivity index (χ0n) is 13.0. The minimum atomic E-state index is -0.460. The number of carbonyl (C=O) groups is 1. The van der Waals surface area contributed by atoms with Gasteiger partial charge >= 0.3 is 0 Å². The number of amides is 1. The average molecular weight is 341 g/mol.